The highest BCUT2D eigenvalue weighted by molar-refractivity contribution is 5.81. The van der Waals surface area contributed by atoms with Gasteiger partial charge in [0, 0.05) is 18.7 Å². The Balaban J connectivity index is 1.53. The Morgan fingerprint density at radius 2 is 1.18 bits per heavy atom. The third-order valence-corrected chi connectivity index (χ3v) is 9.89. The van der Waals surface area contributed by atoms with Crippen LogP contribution in [0.5, 0.6) is 5.75 Å². The zero-order valence-corrected chi connectivity index (χ0v) is 33.0. The Morgan fingerprint density at radius 3 is 1.76 bits per heavy atom. The molecule has 4 N–H and O–H groups in total. The van der Waals surface area contributed by atoms with Crippen molar-refractivity contribution >= 4 is 23.0 Å². The quantitative estimate of drug-likeness (QED) is 0.0228. The number of carbonyl (C=O) groups is 2. The van der Waals surface area contributed by atoms with Crippen LogP contribution in [0.1, 0.15) is 142 Å². The Labute approximate surface area is 325 Å². The lowest BCUT2D eigenvalue weighted by Gasteiger charge is -2.29. The molecule has 55 heavy (non-hydrogen) atoms. The monoisotopic (exact) mass is 771 g/mol. The predicted molar refractivity (Wildman–Crippen MR) is 211 cm³/mol. The standard InChI is InChI=1S/C43H65NO11/c1-3-5-7-9-11-13-15-17-19-21-27-52-41(43(51)53-28-22-20-18-16-14-12-10-8-6-4-2)39(48)37(46)38(47)40(49)42(50)54-32-24-26-34-36(30-32)55-35-29-31(45)23-25-33(35)44-34/h23-26,29-30,37-41,46-49H,3-22,27-28H2,1-2H3/t37-,38+,39+,40-,41-/m1/s1. The molecule has 1 aliphatic heterocycles. The summed E-state index contributed by atoms with van der Waals surface area (Å²) in [5.41, 5.74) is 0.782. The molecule has 308 valence electrons. The van der Waals surface area contributed by atoms with Crippen molar-refractivity contribution in [2.45, 2.75) is 173 Å². The zero-order valence-electron chi connectivity index (χ0n) is 33.0. The van der Waals surface area contributed by atoms with Gasteiger partial charge in [0.25, 0.3) is 0 Å². The van der Waals surface area contributed by atoms with Crippen LogP contribution in [0.3, 0.4) is 0 Å². The molecule has 5 atom stereocenters. The normalized spacial score (nSPS) is 14.4. The van der Waals surface area contributed by atoms with Gasteiger partial charge in [0.15, 0.2) is 29.0 Å². The predicted octanol–water partition coefficient (Wildman–Crippen LogP) is 7.41. The summed E-state index contributed by atoms with van der Waals surface area (Å²) in [4.78, 5) is 42.2. The van der Waals surface area contributed by atoms with E-state index in [0.29, 0.717) is 24.1 Å². The van der Waals surface area contributed by atoms with E-state index in [4.69, 9.17) is 18.6 Å². The highest BCUT2D eigenvalue weighted by Gasteiger charge is 2.42. The van der Waals surface area contributed by atoms with Crippen molar-refractivity contribution in [3.63, 3.8) is 0 Å². The molecule has 1 aliphatic carbocycles. The third kappa shape index (κ3) is 16.7. The SMILES string of the molecule is CCCCCCCCCCCCOC(=O)[C@H](OCCCCCCCCCCCC)[C@@H](O)[C@H](O)[C@H](O)[C@@H](O)C(=O)Oc1ccc2nc3ccc(=O)cc-3oc2c1. The minimum Gasteiger partial charge on any atom is -0.464 e. The summed E-state index contributed by atoms with van der Waals surface area (Å²) in [6, 6.07) is 8.38. The molecule has 0 radical (unpaired) electrons. The third-order valence-electron chi connectivity index (χ3n) is 9.89. The van der Waals surface area contributed by atoms with E-state index in [1.54, 1.807) is 0 Å². The van der Waals surface area contributed by atoms with Crippen LogP contribution in [0.4, 0.5) is 0 Å². The van der Waals surface area contributed by atoms with Crippen molar-refractivity contribution in [2.75, 3.05) is 13.2 Å². The van der Waals surface area contributed by atoms with Gasteiger partial charge in [-0.25, -0.2) is 14.6 Å². The van der Waals surface area contributed by atoms with E-state index in [2.05, 4.69) is 18.8 Å². The van der Waals surface area contributed by atoms with Gasteiger partial charge in [-0.3, -0.25) is 4.79 Å². The van der Waals surface area contributed by atoms with Crippen LogP contribution in [-0.2, 0) is 19.1 Å². The van der Waals surface area contributed by atoms with E-state index >= 15 is 0 Å². The smallest absolute Gasteiger partial charge is 0.343 e. The number of aliphatic hydroxyl groups is 4. The maximum Gasteiger partial charge on any atom is 0.343 e. The minimum atomic E-state index is -2.31. The molecule has 0 bridgehead atoms. The number of esters is 2. The molecule has 0 spiro atoms. The van der Waals surface area contributed by atoms with Gasteiger partial charge in [0.1, 0.15) is 35.3 Å². The second-order valence-corrected chi connectivity index (χ2v) is 14.6. The molecule has 0 fully saturated rings. The van der Waals surface area contributed by atoms with Crippen molar-refractivity contribution in [3.8, 4) is 17.2 Å². The van der Waals surface area contributed by atoms with Crippen LogP contribution in [0.25, 0.3) is 22.6 Å². The van der Waals surface area contributed by atoms with E-state index in [-0.39, 0.29) is 35.7 Å². The topological polar surface area (TPSA) is 186 Å². The van der Waals surface area contributed by atoms with Crippen molar-refractivity contribution in [1.82, 2.24) is 4.98 Å². The minimum absolute atomic E-state index is 0.0739. The van der Waals surface area contributed by atoms with Gasteiger partial charge in [-0.1, -0.05) is 129 Å². The molecule has 12 nitrogen and oxygen atoms in total. The highest BCUT2D eigenvalue weighted by Crippen LogP contribution is 2.27. The number of nitrogens with zero attached hydrogens (tertiary/aromatic N) is 1. The van der Waals surface area contributed by atoms with E-state index < -0.39 is 42.5 Å². The fourth-order valence-electron chi connectivity index (χ4n) is 6.48. The molecule has 3 rings (SSSR count). The maximum atomic E-state index is 13.2. The number of carbonyl (C=O) groups excluding carboxylic acids is 2. The number of aromatic nitrogens is 1. The average Bonchev–Trinajstić information content (AvgIpc) is 3.18. The van der Waals surface area contributed by atoms with E-state index in [0.717, 1.165) is 38.5 Å². The van der Waals surface area contributed by atoms with Gasteiger partial charge in [-0.2, -0.15) is 0 Å². The summed E-state index contributed by atoms with van der Waals surface area (Å²) in [5, 5.41) is 43.4. The van der Waals surface area contributed by atoms with Crippen molar-refractivity contribution < 1.29 is 48.6 Å². The Morgan fingerprint density at radius 1 is 0.636 bits per heavy atom. The van der Waals surface area contributed by atoms with Crippen LogP contribution in [0, 0.1) is 0 Å². The molecular formula is C43H65NO11. The van der Waals surface area contributed by atoms with Gasteiger partial charge in [-0.15, -0.1) is 0 Å². The number of unbranched alkanes of at least 4 members (excludes halogenated alkanes) is 18. The molecule has 0 saturated carbocycles. The fraction of sp³-hybridized carbons (Fsp3) is 0.674. The highest BCUT2D eigenvalue weighted by atomic mass is 16.6. The summed E-state index contributed by atoms with van der Waals surface area (Å²) < 4.78 is 22.1. The number of fused-ring (bicyclic) bond motifs is 2. The number of hydrogen-bond donors (Lipinski definition) is 4. The van der Waals surface area contributed by atoms with Crippen LogP contribution < -0.4 is 10.2 Å². The molecule has 1 aromatic rings. The molecular weight excluding hydrogens is 706 g/mol. The average molecular weight is 772 g/mol. The van der Waals surface area contributed by atoms with Crippen LogP contribution in [0.2, 0.25) is 0 Å². The Kier molecular flexibility index (Phi) is 22.1. The Bertz CT molecular complexity index is 1540. The van der Waals surface area contributed by atoms with Gasteiger partial charge < -0.3 is 39.1 Å². The number of hydrogen-bond acceptors (Lipinski definition) is 12. The molecule has 0 unspecified atom stereocenters. The van der Waals surface area contributed by atoms with E-state index in [9.17, 15) is 34.8 Å². The molecule has 2 aliphatic rings. The summed E-state index contributed by atoms with van der Waals surface area (Å²) in [7, 11) is 0. The van der Waals surface area contributed by atoms with Crippen LogP contribution >= 0.6 is 0 Å². The van der Waals surface area contributed by atoms with Crippen molar-refractivity contribution in [1.29, 1.82) is 0 Å². The number of rotatable bonds is 30. The largest absolute Gasteiger partial charge is 0.464 e. The summed E-state index contributed by atoms with van der Waals surface area (Å²) in [6.45, 7) is 4.61. The Hall–Kier alpha value is -3.42. The molecule has 0 aromatic heterocycles. The van der Waals surface area contributed by atoms with E-state index in [1.807, 2.05) is 0 Å². The van der Waals surface area contributed by atoms with Crippen molar-refractivity contribution in [3.05, 3.63) is 46.6 Å². The fourth-order valence-corrected chi connectivity index (χ4v) is 6.48. The molecule has 1 aromatic carbocycles. The van der Waals surface area contributed by atoms with Gasteiger partial charge >= 0.3 is 11.9 Å². The maximum absolute atomic E-state index is 13.2. The first-order valence-corrected chi connectivity index (χ1v) is 20.7. The second kappa shape index (κ2) is 26.4. The first-order chi connectivity index (χ1) is 26.7. The molecule has 0 amide bonds. The lowest BCUT2D eigenvalue weighted by Crippen LogP contribution is -2.54. The second-order valence-electron chi connectivity index (χ2n) is 14.6. The lowest BCUT2D eigenvalue weighted by molar-refractivity contribution is -0.184. The number of benzene rings is 2. The lowest BCUT2D eigenvalue weighted by atomic mass is 9.99. The summed E-state index contributed by atoms with van der Waals surface area (Å²) in [5.74, 6) is -2.08. The van der Waals surface area contributed by atoms with Gasteiger partial charge in [0.2, 0.25) is 0 Å². The molecule has 1 heterocycles. The van der Waals surface area contributed by atoms with E-state index in [1.165, 1.54) is 113 Å². The summed E-state index contributed by atoms with van der Waals surface area (Å²) >= 11 is 0. The molecule has 0 saturated heterocycles. The molecule has 12 heteroatoms. The number of aliphatic hydroxyl groups excluding tert-OH is 4. The number of ether oxygens (including phenoxy) is 3. The van der Waals surface area contributed by atoms with Crippen molar-refractivity contribution in [2.24, 2.45) is 0 Å². The van der Waals surface area contributed by atoms with Gasteiger partial charge in [-0.05, 0) is 37.1 Å². The van der Waals surface area contributed by atoms with Gasteiger partial charge in [0.05, 0.1) is 6.61 Å². The summed E-state index contributed by atoms with van der Waals surface area (Å²) in [6.07, 6.45) is 11.7. The van der Waals surface area contributed by atoms with Crippen LogP contribution in [-0.4, -0.2) is 81.1 Å². The zero-order chi connectivity index (χ0) is 39.8. The first kappa shape index (κ1) is 46.0. The first-order valence-electron chi connectivity index (χ1n) is 20.7. The van der Waals surface area contributed by atoms with Crippen LogP contribution in [0.15, 0.2) is 45.6 Å².